The largest absolute Gasteiger partial charge is 0.472 e. The molecule has 2 aromatic heterocycles. The summed E-state index contributed by atoms with van der Waals surface area (Å²) in [7, 11) is 0. The van der Waals surface area contributed by atoms with Crippen LogP contribution in [0, 0.1) is 13.8 Å². The van der Waals surface area contributed by atoms with Crippen LogP contribution >= 0.6 is 11.6 Å². The molecule has 0 spiro atoms. The Morgan fingerprint density at radius 3 is 2.45 bits per heavy atom. The Labute approximate surface area is 198 Å². The van der Waals surface area contributed by atoms with Gasteiger partial charge in [0.15, 0.2) is 5.02 Å². The zero-order valence-electron chi connectivity index (χ0n) is 19.7. The second-order valence-electron chi connectivity index (χ2n) is 9.27. The van der Waals surface area contributed by atoms with Crippen LogP contribution in [-0.4, -0.2) is 26.1 Å². The van der Waals surface area contributed by atoms with Crippen LogP contribution in [0.5, 0.6) is 5.88 Å². The molecule has 1 aliphatic carbocycles. The number of rotatable bonds is 5. The lowest BCUT2D eigenvalue weighted by atomic mass is 9.95. The zero-order valence-corrected chi connectivity index (χ0v) is 20.5. The van der Waals surface area contributed by atoms with Gasteiger partial charge >= 0.3 is 0 Å². The Kier molecular flexibility index (Phi) is 5.97. The molecule has 7 heteroatoms. The highest BCUT2D eigenvalue weighted by Crippen LogP contribution is 2.28. The molecule has 0 aliphatic heterocycles. The van der Waals surface area contributed by atoms with Crippen molar-refractivity contribution in [3.8, 4) is 22.8 Å². The number of hydrogen-bond donors (Lipinski definition) is 0. The maximum atomic E-state index is 13.2. The Morgan fingerprint density at radius 1 is 1.06 bits per heavy atom. The number of nitrogens with zero attached hydrogens (tertiary/aromatic N) is 4. The van der Waals surface area contributed by atoms with E-state index >= 15 is 0 Å². The van der Waals surface area contributed by atoms with Crippen LogP contribution in [0.15, 0.2) is 58.6 Å². The fourth-order valence-electron chi connectivity index (χ4n) is 3.53. The fraction of sp³-hybridized carbons (Fsp3) is 0.308. The van der Waals surface area contributed by atoms with Gasteiger partial charge in [-0.1, -0.05) is 56.7 Å². The highest BCUT2D eigenvalue weighted by atomic mass is 35.5. The molecule has 33 heavy (non-hydrogen) atoms. The molecule has 0 N–H and O–H groups in total. The first-order valence-corrected chi connectivity index (χ1v) is 11.2. The quantitative estimate of drug-likeness (QED) is 0.499. The van der Waals surface area contributed by atoms with Gasteiger partial charge in [0.25, 0.3) is 5.56 Å². The zero-order chi connectivity index (χ0) is 23.9. The molecule has 0 amide bonds. The average Bonchev–Trinajstić information content (AvgIpc) is 2.77. The lowest BCUT2D eigenvalue weighted by molar-refractivity contribution is 0.337. The molecule has 0 radical (unpaired) electrons. The van der Waals surface area contributed by atoms with E-state index in [2.05, 4.69) is 30.7 Å². The SMILES string of the molecule is CC1=C(COc2nc(C)n(-c3cc(-c4ccnc(C(C)(C)C)n4)ccc3C)c(=O)c2Cl)C=C1. The van der Waals surface area contributed by atoms with E-state index in [0.29, 0.717) is 18.1 Å². The third-order valence-corrected chi connectivity index (χ3v) is 5.97. The van der Waals surface area contributed by atoms with Crippen molar-refractivity contribution in [1.29, 1.82) is 0 Å². The topological polar surface area (TPSA) is 69.9 Å². The van der Waals surface area contributed by atoms with Crippen LogP contribution in [0.2, 0.25) is 5.02 Å². The van der Waals surface area contributed by atoms with Crippen LogP contribution in [0.1, 0.15) is 44.9 Å². The molecular weight excluding hydrogens is 436 g/mol. The van der Waals surface area contributed by atoms with Crippen LogP contribution in [0.25, 0.3) is 16.9 Å². The van der Waals surface area contributed by atoms with Crippen LogP contribution in [0.4, 0.5) is 0 Å². The number of ether oxygens (including phenoxy) is 1. The van der Waals surface area contributed by atoms with Crippen molar-refractivity contribution in [2.24, 2.45) is 0 Å². The monoisotopic (exact) mass is 462 g/mol. The van der Waals surface area contributed by atoms with Gasteiger partial charge < -0.3 is 4.74 Å². The van der Waals surface area contributed by atoms with Gasteiger partial charge in [0, 0.05) is 17.2 Å². The predicted octanol–water partition coefficient (Wildman–Crippen LogP) is 5.52. The molecule has 2 heterocycles. The summed E-state index contributed by atoms with van der Waals surface area (Å²) >= 11 is 6.41. The summed E-state index contributed by atoms with van der Waals surface area (Å²) in [5, 5.41) is -0.0379. The summed E-state index contributed by atoms with van der Waals surface area (Å²) in [5.74, 6) is 1.40. The maximum absolute atomic E-state index is 13.2. The van der Waals surface area contributed by atoms with E-state index in [1.807, 2.05) is 50.3 Å². The Bertz CT molecular complexity index is 1360. The summed E-state index contributed by atoms with van der Waals surface area (Å²) in [5.41, 5.74) is 4.97. The molecular formula is C26H27ClN4O2. The minimum atomic E-state index is -0.368. The molecule has 1 aliphatic rings. The lowest BCUT2D eigenvalue weighted by Crippen LogP contribution is -2.24. The number of aryl methyl sites for hydroxylation is 2. The predicted molar refractivity (Wildman–Crippen MR) is 131 cm³/mol. The first-order chi connectivity index (χ1) is 15.6. The molecule has 0 bridgehead atoms. The van der Waals surface area contributed by atoms with E-state index in [4.69, 9.17) is 21.3 Å². The third kappa shape index (κ3) is 4.48. The van der Waals surface area contributed by atoms with Crippen molar-refractivity contribution in [3.63, 3.8) is 0 Å². The van der Waals surface area contributed by atoms with E-state index in [9.17, 15) is 4.79 Å². The van der Waals surface area contributed by atoms with Gasteiger partial charge in [-0.25, -0.2) is 9.97 Å². The first-order valence-electron chi connectivity index (χ1n) is 10.8. The number of aromatic nitrogens is 4. The summed E-state index contributed by atoms with van der Waals surface area (Å²) in [6.45, 7) is 12.3. The molecule has 1 aromatic carbocycles. The molecule has 4 rings (SSSR count). The van der Waals surface area contributed by atoms with Crippen molar-refractivity contribution in [2.45, 2.75) is 47.0 Å². The summed E-state index contributed by atoms with van der Waals surface area (Å²) in [6.07, 6.45) is 5.75. The van der Waals surface area contributed by atoms with E-state index < -0.39 is 0 Å². The second-order valence-corrected chi connectivity index (χ2v) is 9.64. The molecule has 6 nitrogen and oxygen atoms in total. The first kappa shape index (κ1) is 22.9. The van der Waals surface area contributed by atoms with E-state index in [1.165, 1.54) is 4.57 Å². The Hall–Kier alpha value is -3.25. The highest BCUT2D eigenvalue weighted by Gasteiger charge is 2.20. The minimum absolute atomic E-state index is 0.0379. The molecule has 0 atom stereocenters. The van der Waals surface area contributed by atoms with Crippen LogP contribution in [0.3, 0.4) is 0 Å². The fourth-order valence-corrected chi connectivity index (χ4v) is 3.71. The van der Waals surface area contributed by atoms with Gasteiger partial charge in [-0.2, -0.15) is 4.98 Å². The standard InChI is InChI=1S/C26H27ClN4O2/c1-15-7-10-19(15)14-33-23-22(27)24(32)31(17(3)29-23)21-13-18(9-8-16(21)2)20-11-12-28-25(30-20)26(4,5)6/h7-13H,14H2,1-6H3. The highest BCUT2D eigenvalue weighted by molar-refractivity contribution is 6.31. The normalized spacial score (nSPS) is 13.3. The third-order valence-electron chi connectivity index (χ3n) is 5.64. The lowest BCUT2D eigenvalue weighted by Gasteiger charge is -2.18. The Morgan fingerprint density at radius 2 is 1.82 bits per heavy atom. The van der Waals surface area contributed by atoms with Crippen molar-refractivity contribution in [3.05, 3.63) is 86.3 Å². The summed E-state index contributed by atoms with van der Waals surface area (Å²) in [4.78, 5) is 26.9. The summed E-state index contributed by atoms with van der Waals surface area (Å²) in [6, 6.07) is 7.76. The number of halogens is 1. The molecule has 170 valence electrons. The average molecular weight is 463 g/mol. The molecule has 0 unspecified atom stereocenters. The number of hydrogen-bond acceptors (Lipinski definition) is 5. The van der Waals surface area contributed by atoms with E-state index in [1.54, 1.807) is 13.1 Å². The second kappa shape index (κ2) is 8.60. The molecule has 0 saturated heterocycles. The van der Waals surface area contributed by atoms with Crippen LogP contribution in [-0.2, 0) is 5.41 Å². The summed E-state index contributed by atoms with van der Waals surface area (Å²) < 4.78 is 7.27. The molecule has 0 saturated carbocycles. The molecule has 0 fully saturated rings. The van der Waals surface area contributed by atoms with Crippen molar-refractivity contribution in [2.75, 3.05) is 6.61 Å². The van der Waals surface area contributed by atoms with Gasteiger partial charge in [-0.15, -0.1) is 0 Å². The minimum Gasteiger partial charge on any atom is -0.472 e. The van der Waals surface area contributed by atoms with Crippen LogP contribution < -0.4 is 10.3 Å². The van der Waals surface area contributed by atoms with Gasteiger partial charge in [0.2, 0.25) is 5.88 Å². The van der Waals surface area contributed by atoms with Crippen molar-refractivity contribution < 1.29 is 4.74 Å². The van der Waals surface area contributed by atoms with E-state index in [0.717, 1.165) is 33.8 Å². The van der Waals surface area contributed by atoms with Crippen molar-refractivity contribution in [1.82, 2.24) is 19.5 Å². The van der Waals surface area contributed by atoms with Gasteiger partial charge in [0.05, 0.1) is 11.4 Å². The number of benzene rings is 1. The Balaban J connectivity index is 1.75. The molecule has 3 aromatic rings. The van der Waals surface area contributed by atoms with Crippen molar-refractivity contribution >= 4 is 11.6 Å². The van der Waals surface area contributed by atoms with Gasteiger partial charge in [-0.05, 0) is 49.6 Å². The van der Waals surface area contributed by atoms with E-state index in [-0.39, 0.29) is 21.9 Å². The van der Waals surface area contributed by atoms with Gasteiger partial charge in [0.1, 0.15) is 18.3 Å². The maximum Gasteiger partial charge on any atom is 0.280 e. The number of allylic oxidation sites excluding steroid dienone is 2. The smallest absolute Gasteiger partial charge is 0.280 e. The van der Waals surface area contributed by atoms with Gasteiger partial charge in [-0.3, -0.25) is 9.36 Å².